The quantitative estimate of drug-likeness (QED) is 0.670. The van der Waals surface area contributed by atoms with Crippen LogP contribution in [0.4, 0.5) is 0 Å². The van der Waals surface area contributed by atoms with Gasteiger partial charge in [0.25, 0.3) is 0 Å². The first-order chi connectivity index (χ1) is 7.90. The first-order valence-electron chi connectivity index (χ1n) is 6.86. The summed E-state index contributed by atoms with van der Waals surface area (Å²) in [6.45, 7) is 5.83. The molecule has 0 aromatic rings. The predicted molar refractivity (Wildman–Crippen MR) is 67.5 cm³/mol. The summed E-state index contributed by atoms with van der Waals surface area (Å²) in [6, 6.07) is 0.712. The highest BCUT2D eigenvalue weighted by atomic mass is 16.5. The molecule has 0 spiro atoms. The summed E-state index contributed by atoms with van der Waals surface area (Å²) in [5, 5.41) is 3.71. The summed E-state index contributed by atoms with van der Waals surface area (Å²) in [6.07, 6.45) is 11.6. The van der Waals surface area contributed by atoms with E-state index in [2.05, 4.69) is 11.9 Å². The van der Waals surface area contributed by atoms with Gasteiger partial charge in [0.05, 0.1) is 6.10 Å². The average molecular weight is 223 g/mol. The van der Waals surface area contributed by atoms with E-state index in [0.717, 1.165) is 25.5 Å². The van der Waals surface area contributed by atoms with Gasteiger partial charge < -0.3 is 10.1 Å². The van der Waals surface area contributed by atoms with Crippen molar-refractivity contribution >= 4 is 0 Å². The maximum atomic E-state index is 5.75. The molecule has 2 atom stereocenters. The molecule has 0 bridgehead atoms. The molecule has 1 N–H and O–H groups in total. The summed E-state index contributed by atoms with van der Waals surface area (Å²) in [5.74, 6) is 0.934. The second kappa shape index (κ2) is 6.41. The molecule has 1 saturated heterocycles. The van der Waals surface area contributed by atoms with Crippen molar-refractivity contribution in [3.8, 4) is 0 Å². The van der Waals surface area contributed by atoms with Crippen molar-refractivity contribution in [1.82, 2.24) is 5.32 Å². The Morgan fingerprint density at radius 2 is 2.19 bits per heavy atom. The number of hydrogen-bond acceptors (Lipinski definition) is 2. The van der Waals surface area contributed by atoms with Crippen LogP contribution >= 0.6 is 0 Å². The summed E-state index contributed by atoms with van der Waals surface area (Å²) in [4.78, 5) is 0. The largest absolute Gasteiger partial charge is 0.377 e. The summed E-state index contributed by atoms with van der Waals surface area (Å²) in [7, 11) is 0. The second-order valence-electron chi connectivity index (χ2n) is 5.21. The van der Waals surface area contributed by atoms with Gasteiger partial charge in [0.1, 0.15) is 0 Å². The number of rotatable bonds is 7. The zero-order chi connectivity index (χ0) is 11.2. The first kappa shape index (κ1) is 12.1. The van der Waals surface area contributed by atoms with Gasteiger partial charge in [-0.25, -0.2) is 0 Å². The van der Waals surface area contributed by atoms with Gasteiger partial charge in [-0.2, -0.15) is 0 Å². The second-order valence-corrected chi connectivity index (χ2v) is 5.21. The van der Waals surface area contributed by atoms with Gasteiger partial charge in [0, 0.05) is 19.2 Å². The van der Waals surface area contributed by atoms with E-state index in [-0.39, 0.29) is 0 Å². The topological polar surface area (TPSA) is 21.3 Å². The van der Waals surface area contributed by atoms with Gasteiger partial charge in [-0.1, -0.05) is 6.08 Å². The molecule has 0 aromatic heterocycles. The normalized spacial score (nSPS) is 27.6. The highest BCUT2D eigenvalue weighted by molar-refractivity contribution is 4.88. The van der Waals surface area contributed by atoms with Crippen LogP contribution in [-0.2, 0) is 4.74 Å². The van der Waals surface area contributed by atoms with Crippen LogP contribution in [0.2, 0.25) is 0 Å². The van der Waals surface area contributed by atoms with Crippen molar-refractivity contribution in [1.29, 1.82) is 0 Å². The van der Waals surface area contributed by atoms with E-state index in [0.29, 0.717) is 12.1 Å². The third kappa shape index (κ3) is 3.91. The molecule has 1 heterocycles. The van der Waals surface area contributed by atoms with Crippen molar-refractivity contribution < 1.29 is 4.74 Å². The van der Waals surface area contributed by atoms with Crippen LogP contribution in [-0.4, -0.2) is 25.3 Å². The van der Waals surface area contributed by atoms with Crippen LogP contribution in [0.1, 0.15) is 44.9 Å². The molecule has 1 saturated carbocycles. The number of allylic oxidation sites excluding steroid dienone is 1. The minimum atomic E-state index is 0.471. The smallest absolute Gasteiger partial charge is 0.0699 e. The third-order valence-electron chi connectivity index (χ3n) is 3.75. The van der Waals surface area contributed by atoms with E-state index >= 15 is 0 Å². The van der Waals surface area contributed by atoms with E-state index in [9.17, 15) is 0 Å². The number of ether oxygens (including phenoxy) is 1. The van der Waals surface area contributed by atoms with Gasteiger partial charge in [-0.15, -0.1) is 6.58 Å². The molecule has 2 nitrogen and oxygen atoms in total. The van der Waals surface area contributed by atoms with E-state index in [1.54, 1.807) is 0 Å². The van der Waals surface area contributed by atoms with E-state index in [4.69, 9.17) is 4.74 Å². The van der Waals surface area contributed by atoms with Crippen LogP contribution < -0.4 is 5.32 Å². The Kier molecular flexibility index (Phi) is 4.86. The maximum Gasteiger partial charge on any atom is 0.0699 e. The molecule has 2 rings (SSSR count). The molecule has 0 radical (unpaired) electrons. The van der Waals surface area contributed by atoms with E-state index in [1.165, 1.54) is 38.5 Å². The Labute approximate surface area is 99.4 Å². The molecule has 2 fully saturated rings. The SMILES string of the molecule is C=CCCC(NCC1CCCCO1)C1CC1. The van der Waals surface area contributed by atoms with Crippen LogP contribution in [0.5, 0.6) is 0 Å². The van der Waals surface area contributed by atoms with Gasteiger partial charge in [0.2, 0.25) is 0 Å². The summed E-state index contributed by atoms with van der Waals surface area (Å²) >= 11 is 0. The number of hydrogen-bond donors (Lipinski definition) is 1. The van der Waals surface area contributed by atoms with Crippen LogP contribution in [0.3, 0.4) is 0 Å². The Balaban J connectivity index is 1.66. The molecular weight excluding hydrogens is 198 g/mol. The monoisotopic (exact) mass is 223 g/mol. The Hall–Kier alpha value is -0.340. The lowest BCUT2D eigenvalue weighted by molar-refractivity contribution is 0.0148. The molecule has 1 aliphatic carbocycles. The van der Waals surface area contributed by atoms with Gasteiger partial charge >= 0.3 is 0 Å². The zero-order valence-corrected chi connectivity index (χ0v) is 10.3. The first-order valence-corrected chi connectivity index (χ1v) is 6.86. The third-order valence-corrected chi connectivity index (χ3v) is 3.75. The average Bonchev–Trinajstić information content (AvgIpc) is 3.15. The lowest BCUT2D eigenvalue weighted by Gasteiger charge is -2.26. The Morgan fingerprint density at radius 1 is 1.31 bits per heavy atom. The van der Waals surface area contributed by atoms with Crippen molar-refractivity contribution in [3.63, 3.8) is 0 Å². The summed E-state index contributed by atoms with van der Waals surface area (Å²) in [5.41, 5.74) is 0. The van der Waals surface area contributed by atoms with Gasteiger partial charge in [-0.3, -0.25) is 0 Å². The predicted octanol–water partition coefficient (Wildman–Crippen LogP) is 2.89. The van der Waals surface area contributed by atoms with E-state index < -0.39 is 0 Å². The van der Waals surface area contributed by atoms with Crippen LogP contribution in [0.15, 0.2) is 12.7 Å². The highest BCUT2D eigenvalue weighted by Crippen LogP contribution is 2.34. The number of nitrogens with one attached hydrogen (secondary N) is 1. The van der Waals surface area contributed by atoms with Crippen molar-refractivity contribution in [2.24, 2.45) is 5.92 Å². The molecule has 0 amide bonds. The highest BCUT2D eigenvalue weighted by Gasteiger charge is 2.30. The fourth-order valence-electron chi connectivity index (χ4n) is 2.55. The van der Waals surface area contributed by atoms with Crippen LogP contribution in [0.25, 0.3) is 0 Å². The zero-order valence-electron chi connectivity index (χ0n) is 10.3. The fourth-order valence-corrected chi connectivity index (χ4v) is 2.55. The Morgan fingerprint density at radius 3 is 2.81 bits per heavy atom. The molecule has 2 aliphatic rings. The molecular formula is C14H25NO. The Bertz CT molecular complexity index is 207. The maximum absolute atomic E-state index is 5.75. The molecule has 2 unspecified atom stereocenters. The summed E-state index contributed by atoms with van der Waals surface area (Å²) < 4.78 is 5.75. The van der Waals surface area contributed by atoms with Crippen LogP contribution in [0, 0.1) is 5.92 Å². The molecule has 1 aliphatic heterocycles. The molecule has 92 valence electrons. The standard InChI is InChI=1S/C14H25NO/c1-2-3-7-14(12-8-9-12)15-11-13-6-4-5-10-16-13/h2,12-15H,1,3-11H2. The molecule has 0 aromatic carbocycles. The van der Waals surface area contributed by atoms with Crippen molar-refractivity contribution in [2.45, 2.75) is 57.1 Å². The van der Waals surface area contributed by atoms with Crippen molar-refractivity contribution in [2.75, 3.05) is 13.2 Å². The lowest BCUT2D eigenvalue weighted by atomic mass is 10.0. The molecule has 2 heteroatoms. The fraction of sp³-hybridized carbons (Fsp3) is 0.857. The van der Waals surface area contributed by atoms with Gasteiger partial charge in [-0.05, 0) is 50.9 Å². The van der Waals surface area contributed by atoms with E-state index in [1.807, 2.05) is 6.08 Å². The molecule has 16 heavy (non-hydrogen) atoms. The van der Waals surface area contributed by atoms with Gasteiger partial charge in [0.15, 0.2) is 0 Å². The van der Waals surface area contributed by atoms with Crippen molar-refractivity contribution in [3.05, 3.63) is 12.7 Å². The minimum absolute atomic E-state index is 0.471. The minimum Gasteiger partial charge on any atom is -0.377 e. The lowest BCUT2D eigenvalue weighted by Crippen LogP contribution is -2.39.